The molecule has 1 amide bonds. The molecule has 35 heavy (non-hydrogen) atoms. The van der Waals surface area contributed by atoms with Crippen LogP contribution in [0.2, 0.25) is 0 Å². The average Bonchev–Trinajstić information content (AvgIpc) is 3.25. The van der Waals surface area contributed by atoms with Crippen LogP contribution >= 0.6 is 11.8 Å². The number of likely N-dealkylation sites (tertiary alicyclic amines) is 1. The van der Waals surface area contributed by atoms with E-state index >= 15 is 0 Å². The van der Waals surface area contributed by atoms with E-state index in [-0.39, 0.29) is 11.2 Å². The van der Waals surface area contributed by atoms with Gasteiger partial charge in [-0.05, 0) is 38.4 Å². The summed E-state index contributed by atoms with van der Waals surface area (Å²) >= 11 is 1.42. The standard InChI is InChI=1S/C26H33N5O3S/c1-19(25(32)27-21-14-22(33-2)16-23(15-21)34-3)35-26-29-28-24(18-30-12-8-5-9-13-30)31(26)17-20-10-6-4-7-11-20/h4,6-7,10-11,14-16,19H,5,8-9,12-13,17-18H2,1-3H3,(H,27,32)/t19-/m0/s1. The summed E-state index contributed by atoms with van der Waals surface area (Å²) in [5.41, 5.74) is 1.80. The number of hydrogen-bond acceptors (Lipinski definition) is 7. The highest BCUT2D eigenvalue weighted by molar-refractivity contribution is 8.00. The molecule has 0 unspecified atom stereocenters. The van der Waals surface area contributed by atoms with Crippen molar-refractivity contribution in [3.63, 3.8) is 0 Å². The second-order valence-corrected chi connectivity index (χ2v) is 9.97. The van der Waals surface area contributed by atoms with Crippen molar-refractivity contribution in [1.82, 2.24) is 19.7 Å². The van der Waals surface area contributed by atoms with E-state index in [4.69, 9.17) is 9.47 Å². The zero-order chi connectivity index (χ0) is 24.6. The number of carbonyl (C=O) groups excluding carboxylic acids is 1. The number of ether oxygens (including phenoxy) is 2. The smallest absolute Gasteiger partial charge is 0.237 e. The topological polar surface area (TPSA) is 81.5 Å². The Hall–Kier alpha value is -3.04. The molecule has 2 heterocycles. The summed E-state index contributed by atoms with van der Waals surface area (Å²) in [4.78, 5) is 15.5. The lowest BCUT2D eigenvalue weighted by molar-refractivity contribution is -0.115. The van der Waals surface area contributed by atoms with Crippen molar-refractivity contribution in [1.29, 1.82) is 0 Å². The first-order valence-electron chi connectivity index (χ1n) is 11.9. The summed E-state index contributed by atoms with van der Waals surface area (Å²) in [7, 11) is 3.17. The number of piperidine rings is 1. The Labute approximate surface area is 211 Å². The third-order valence-corrected chi connectivity index (χ3v) is 7.14. The molecule has 4 rings (SSSR count). The Morgan fingerprint density at radius 3 is 2.34 bits per heavy atom. The van der Waals surface area contributed by atoms with Gasteiger partial charge in [0.1, 0.15) is 17.3 Å². The minimum Gasteiger partial charge on any atom is -0.497 e. The highest BCUT2D eigenvalue weighted by Crippen LogP contribution is 2.28. The summed E-state index contributed by atoms with van der Waals surface area (Å²) in [6.45, 7) is 5.49. The van der Waals surface area contributed by atoms with Gasteiger partial charge in [-0.2, -0.15) is 0 Å². The number of aromatic nitrogens is 3. The van der Waals surface area contributed by atoms with Gasteiger partial charge in [-0.25, -0.2) is 0 Å². The predicted molar refractivity (Wildman–Crippen MR) is 138 cm³/mol. The molecule has 1 atom stereocenters. The van der Waals surface area contributed by atoms with Gasteiger partial charge in [0.05, 0.1) is 32.6 Å². The van der Waals surface area contributed by atoms with E-state index in [0.29, 0.717) is 23.7 Å². The number of carbonyl (C=O) groups is 1. The Bertz CT molecular complexity index is 1090. The molecule has 186 valence electrons. The van der Waals surface area contributed by atoms with Crippen LogP contribution < -0.4 is 14.8 Å². The predicted octanol–water partition coefficient (Wildman–Crippen LogP) is 4.45. The summed E-state index contributed by atoms with van der Waals surface area (Å²) in [5.74, 6) is 2.04. The summed E-state index contributed by atoms with van der Waals surface area (Å²) in [6.07, 6.45) is 3.74. The van der Waals surface area contributed by atoms with E-state index < -0.39 is 0 Å². The maximum absolute atomic E-state index is 13.0. The van der Waals surface area contributed by atoms with Crippen molar-refractivity contribution in [3.8, 4) is 11.5 Å². The summed E-state index contributed by atoms with van der Waals surface area (Å²) in [5, 5.41) is 12.4. The van der Waals surface area contributed by atoms with Gasteiger partial charge in [0.25, 0.3) is 0 Å². The lowest BCUT2D eigenvalue weighted by atomic mass is 10.1. The van der Waals surface area contributed by atoms with E-state index in [1.54, 1.807) is 32.4 Å². The molecule has 1 N–H and O–H groups in total. The molecule has 0 aliphatic carbocycles. The van der Waals surface area contributed by atoms with Gasteiger partial charge in [-0.3, -0.25) is 9.69 Å². The van der Waals surface area contributed by atoms with Crippen molar-refractivity contribution < 1.29 is 14.3 Å². The lowest BCUT2D eigenvalue weighted by Gasteiger charge is -2.26. The van der Waals surface area contributed by atoms with Crippen LogP contribution in [0.3, 0.4) is 0 Å². The molecule has 1 aliphatic heterocycles. The molecule has 1 aliphatic rings. The molecule has 0 bridgehead atoms. The molecule has 3 aromatic rings. The highest BCUT2D eigenvalue weighted by Gasteiger charge is 2.22. The number of amides is 1. The normalized spacial score (nSPS) is 14.9. The highest BCUT2D eigenvalue weighted by atomic mass is 32.2. The van der Waals surface area contributed by atoms with Crippen molar-refractivity contribution in [2.45, 2.75) is 49.7 Å². The first-order valence-corrected chi connectivity index (χ1v) is 12.8. The fraction of sp³-hybridized carbons (Fsp3) is 0.423. The van der Waals surface area contributed by atoms with Crippen LogP contribution in [0, 0.1) is 0 Å². The van der Waals surface area contributed by atoms with Crippen LogP contribution in [0.15, 0.2) is 53.7 Å². The van der Waals surface area contributed by atoms with Crippen LogP contribution in [0.25, 0.3) is 0 Å². The number of benzene rings is 2. The maximum atomic E-state index is 13.0. The van der Waals surface area contributed by atoms with E-state index in [2.05, 4.69) is 37.1 Å². The third kappa shape index (κ3) is 6.76. The van der Waals surface area contributed by atoms with Gasteiger partial charge >= 0.3 is 0 Å². The minimum atomic E-state index is -0.381. The number of anilines is 1. The van der Waals surface area contributed by atoms with Gasteiger partial charge < -0.3 is 19.4 Å². The first kappa shape index (κ1) is 25.1. The second-order valence-electron chi connectivity index (χ2n) is 8.66. The molecule has 1 saturated heterocycles. The van der Waals surface area contributed by atoms with Crippen molar-refractivity contribution in [3.05, 3.63) is 59.9 Å². The quantitative estimate of drug-likeness (QED) is 0.416. The van der Waals surface area contributed by atoms with Crippen molar-refractivity contribution in [2.75, 3.05) is 32.6 Å². The third-order valence-electron chi connectivity index (χ3n) is 6.06. The zero-order valence-electron chi connectivity index (χ0n) is 20.6. The first-order chi connectivity index (χ1) is 17.1. The van der Waals surface area contributed by atoms with Gasteiger partial charge in [-0.1, -0.05) is 48.5 Å². The van der Waals surface area contributed by atoms with Crippen LogP contribution in [0.4, 0.5) is 5.69 Å². The van der Waals surface area contributed by atoms with Gasteiger partial charge in [-0.15, -0.1) is 10.2 Å². The SMILES string of the molecule is COc1cc(NC(=O)[C@H](C)Sc2nnc(CN3CCCCC3)n2Cc2ccccc2)cc(OC)c1. The van der Waals surface area contributed by atoms with E-state index in [1.165, 1.54) is 36.6 Å². The number of thioether (sulfide) groups is 1. The monoisotopic (exact) mass is 495 g/mol. The molecule has 1 fully saturated rings. The summed E-state index contributed by atoms with van der Waals surface area (Å²) in [6, 6.07) is 15.6. The lowest BCUT2D eigenvalue weighted by Crippen LogP contribution is -2.30. The molecule has 0 spiro atoms. The fourth-order valence-corrected chi connectivity index (χ4v) is 4.97. The molecule has 8 nitrogen and oxygen atoms in total. The number of methoxy groups -OCH3 is 2. The Morgan fingerprint density at radius 1 is 1.00 bits per heavy atom. The van der Waals surface area contributed by atoms with Gasteiger partial charge in [0.2, 0.25) is 5.91 Å². The van der Waals surface area contributed by atoms with E-state index in [1.807, 2.05) is 25.1 Å². The van der Waals surface area contributed by atoms with Crippen molar-refractivity contribution >= 4 is 23.4 Å². The Morgan fingerprint density at radius 2 is 1.69 bits per heavy atom. The second kappa shape index (κ2) is 12.1. The van der Waals surface area contributed by atoms with Gasteiger partial charge in [0.15, 0.2) is 5.16 Å². The fourth-order valence-electron chi connectivity index (χ4n) is 4.10. The largest absolute Gasteiger partial charge is 0.497 e. The molecule has 1 aromatic heterocycles. The maximum Gasteiger partial charge on any atom is 0.237 e. The Balaban J connectivity index is 1.50. The van der Waals surface area contributed by atoms with Crippen molar-refractivity contribution in [2.24, 2.45) is 0 Å². The van der Waals surface area contributed by atoms with E-state index in [9.17, 15) is 4.79 Å². The van der Waals surface area contributed by atoms with Crippen LogP contribution in [0.1, 0.15) is 37.6 Å². The minimum absolute atomic E-state index is 0.128. The van der Waals surface area contributed by atoms with E-state index in [0.717, 1.165) is 30.6 Å². The number of hydrogen-bond donors (Lipinski definition) is 1. The van der Waals surface area contributed by atoms with Crippen LogP contribution in [-0.4, -0.2) is 58.1 Å². The molecular formula is C26H33N5O3S. The summed E-state index contributed by atoms with van der Waals surface area (Å²) < 4.78 is 12.8. The number of nitrogens with zero attached hydrogens (tertiary/aromatic N) is 4. The van der Waals surface area contributed by atoms with Crippen LogP contribution in [0.5, 0.6) is 11.5 Å². The number of rotatable bonds is 10. The average molecular weight is 496 g/mol. The zero-order valence-corrected chi connectivity index (χ0v) is 21.4. The molecule has 0 radical (unpaired) electrons. The molecule has 9 heteroatoms. The number of nitrogens with one attached hydrogen (secondary N) is 1. The van der Waals surface area contributed by atoms with Crippen LogP contribution in [-0.2, 0) is 17.9 Å². The van der Waals surface area contributed by atoms with Gasteiger partial charge in [0, 0.05) is 23.9 Å². The molecule has 0 saturated carbocycles. The molecular weight excluding hydrogens is 462 g/mol. The Kier molecular flexibility index (Phi) is 8.65. The molecule has 2 aromatic carbocycles.